The van der Waals surface area contributed by atoms with E-state index in [9.17, 15) is 4.79 Å². The van der Waals surface area contributed by atoms with Crippen LogP contribution in [0, 0.1) is 0 Å². The number of nitrogens with zero attached hydrogens (tertiary/aromatic N) is 5. The Kier molecular flexibility index (Phi) is 7.40. The highest BCUT2D eigenvalue weighted by molar-refractivity contribution is 6.02. The van der Waals surface area contributed by atoms with Crippen LogP contribution in [-0.2, 0) is 4.79 Å². The largest absolute Gasteiger partial charge is 0.497 e. The highest BCUT2D eigenvalue weighted by Crippen LogP contribution is 2.37. The van der Waals surface area contributed by atoms with Crippen LogP contribution < -0.4 is 19.1 Å². The van der Waals surface area contributed by atoms with E-state index in [0.717, 1.165) is 45.2 Å². The molecule has 0 aliphatic carbocycles. The second kappa shape index (κ2) is 11.6. The van der Waals surface area contributed by atoms with Gasteiger partial charge in [-0.15, -0.1) is 0 Å². The van der Waals surface area contributed by atoms with E-state index in [0.29, 0.717) is 31.9 Å². The van der Waals surface area contributed by atoms with Gasteiger partial charge in [0.1, 0.15) is 29.4 Å². The van der Waals surface area contributed by atoms with Crippen molar-refractivity contribution in [3.05, 3.63) is 91.4 Å². The summed E-state index contributed by atoms with van der Waals surface area (Å²) < 4.78 is 18.4. The van der Waals surface area contributed by atoms with Gasteiger partial charge in [-0.1, -0.05) is 30.3 Å². The Hall–Kier alpha value is -5.05. The summed E-state index contributed by atoms with van der Waals surface area (Å²) in [5, 5.41) is 0.983. The van der Waals surface area contributed by atoms with Gasteiger partial charge in [-0.2, -0.15) is 0 Å². The van der Waals surface area contributed by atoms with Gasteiger partial charge in [0.15, 0.2) is 12.3 Å². The molecule has 1 aliphatic heterocycles. The molecule has 0 spiro atoms. The maximum Gasteiger partial charge on any atom is 0.260 e. The molecule has 208 valence electrons. The molecular formula is C32H31N5O4. The molecule has 3 heterocycles. The molecule has 6 rings (SSSR count). The van der Waals surface area contributed by atoms with Crippen molar-refractivity contribution < 1.29 is 19.0 Å². The van der Waals surface area contributed by atoms with Crippen LogP contribution in [0.2, 0.25) is 0 Å². The average Bonchev–Trinajstić information content (AvgIpc) is 3.44. The van der Waals surface area contributed by atoms with Gasteiger partial charge in [-0.05, 0) is 54.1 Å². The Morgan fingerprint density at radius 2 is 1.41 bits per heavy atom. The van der Waals surface area contributed by atoms with E-state index in [1.807, 2.05) is 59.5 Å². The average molecular weight is 550 g/mol. The first-order valence-electron chi connectivity index (χ1n) is 13.5. The zero-order chi connectivity index (χ0) is 28.2. The van der Waals surface area contributed by atoms with Crippen molar-refractivity contribution in [3.8, 4) is 34.1 Å². The molecule has 1 fully saturated rings. The molecule has 0 bridgehead atoms. The van der Waals surface area contributed by atoms with Crippen LogP contribution in [0.15, 0.2) is 91.4 Å². The lowest BCUT2D eigenvalue weighted by Gasteiger charge is -2.35. The molecule has 0 atom stereocenters. The molecule has 5 aromatic rings. The van der Waals surface area contributed by atoms with E-state index < -0.39 is 0 Å². The molecule has 0 saturated carbocycles. The molecular weight excluding hydrogens is 518 g/mol. The Balaban J connectivity index is 1.24. The molecule has 0 unspecified atom stereocenters. The third-order valence-corrected chi connectivity index (χ3v) is 7.35. The summed E-state index contributed by atoms with van der Waals surface area (Å²) in [5.41, 5.74) is 3.95. The minimum absolute atomic E-state index is 0.00700. The lowest BCUT2D eigenvalue weighted by atomic mass is 10.1. The molecule has 0 N–H and O–H groups in total. The fourth-order valence-corrected chi connectivity index (χ4v) is 5.14. The van der Waals surface area contributed by atoms with Crippen LogP contribution in [0.4, 0.5) is 5.82 Å². The van der Waals surface area contributed by atoms with Gasteiger partial charge in [0.25, 0.3) is 5.91 Å². The third kappa shape index (κ3) is 5.38. The van der Waals surface area contributed by atoms with E-state index in [4.69, 9.17) is 24.2 Å². The van der Waals surface area contributed by atoms with Gasteiger partial charge in [-0.25, -0.2) is 9.97 Å². The van der Waals surface area contributed by atoms with Crippen molar-refractivity contribution in [1.29, 1.82) is 0 Å². The summed E-state index contributed by atoms with van der Waals surface area (Å²) in [6, 6.07) is 25.4. The molecule has 1 aliphatic rings. The van der Waals surface area contributed by atoms with Crippen LogP contribution in [0.25, 0.3) is 27.8 Å². The Labute approximate surface area is 238 Å². The number of amides is 1. The monoisotopic (exact) mass is 549 g/mol. The third-order valence-electron chi connectivity index (χ3n) is 7.35. The van der Waals surface area contributed by atoms with Crippen LogP contribution in [-0.4, -0.2) is 72.3 Å². The van der Waals surface area contributed by atoms with Gasteiger partial charge in [-0.3, -0.25) is 4.79 Å². The summed E-state index contributed by atoms with van der Waals surface area (Å²) in [7, 11) is 3.28. The van der Waals surface area contributed by atoms with Crippen molar-refractivity contribution >= 4 is 22.8 Å². The molecule has 1 saturated heterocycles. The van der Waals surface area contributed by atoms with E-state index >= 15 is 0 Å². The van der Waals surface area contributed by atoms with Gasteiger partial charge >= 0.3 is 0 Å². The van der Waals surface area contributed by atoms with E-state index in [1.54, 1.807) is 32.7 Å². The first kappa shape index (κ1) is 26.2. The van der Waals surface area contributed by atoms with Crippen LogP contribution in [0.3, 0.4) is 0 Å². The number of methoxy groups -OCH3 is 2. The molecule has 41 heavy (non-hydrogen) atoms. The van der Waals surface area contributed by atoms with E-state index in [-0.39, 0.29) is 12.5 Å². The fraction of sp³-hybridized carbons (Fsp3) is 0.219. The number of benzene rings is 3. The molecule has 3 aromatic carbocycles. The Bertz CT molecular complexity index is 1630. The number of piperazine rings is 1. The normalized spacial score (nSPS) is 13.3. The number of hydrogen-bond donors (Lipinski definition) is 0. The van der Waals surface area contributed by atoms with Crippen molar-refractivity contribution in [2.45, 2.75) is 0 Å². The van der Waals surface area contributed by atoms with E-state index in [1.165, 1.54) is 0 Å². The summed E-state index contributed by atoms with van der Waals surface area (Å²) in [6.07, 6.45) is 3.74. The number of hydrogen-bond acceptors (Lipinski definition) is 7. The fourth-order valence-electron chi connectivity index (χ4n) is 5.14. The van der Waals surface area contributed by atoms with Crippen molar-refractivity contribution in [1.82, 2.24) is 19.4 Å². The number of carbonyl (C=O) groups is 1. The van der Waals surface area contributed by atoms with Gasteiger partial charge < -0.3 is 28.6 Å². The van der Waals surface area contributed by atoms with Crippen LogP contribution >= 0.6 is 0 Å². The SMILES string of the molecule is COc1ccc(OCC(=O)N2CCN(c3ncnc4c3c(-c3ccccc3)cn4-c3ccc(OC)cc3)CC2)cc1. The Morgan fingerprint density at radius 3 is 2.07 bits per heavy atom. The number of aromatic nitrogens is 3. The summed E-state index contributed by atoms with van der Waals surface area (Å²) in [5.74, 6) is 3.00. The summed E-state index contributed by atoms with van der Waals surface area (Å²) >= 11 is 0. The minimum Gasteiger partial charge on any atom is -0.497 e. The summed E-state index contributed by atoms with van der Waals surface area (Å²) in [6.45, 7) is 2.46. The predicted molar refractivity (Wildman–Crippen MR) is 158 cm³/mol. The standard InChI is InChI=1S/C32H31N5O4/c1-39-25-10-8-24(9-11-25)37-20-28(23-6-4-3-5-7-23)30-31(33-22-34-32(30)37)36-18-16-35(17-19-36)29(38)21-41-27-14-12-26(40-2)13-15-27/h3-15,20,22H,16-19,21H2,1-2H3. The lowest BCUT2D eigenvalue weighted by molar-refractivity contribution is -0.133. The zero-order valence-corrected chi connectivity index (χ0v) is 23.1. The Morgan fingerprint density at radius 1 is 0.780 bits per heavy atom. The first-order chi connectivity index (χ1) is 20.1. The molecule has 2 aromatic heterocycles. The zero-order valence-electron chi connectivity index (χ0n) is 23.1. The highest BCUT2D eigenvalue weighted by Gasteiger charge is 2.26. The number of fused-ring (bicyclic) bond motifs is 1. The molecule has 9 nitrogen and oxygen atoms in total. The number of anilines is 1. The second-order valence-electron chi connectivity index (χ2n) is 9.70. The van der Waals surface area contributed by atoms with E-state index in [2.05, 4.69) is 27.8 Å². The highest BCUT2D eigenvalue weighted by atomic mass is 16.5. The number of rotatable bonds is 8. The second-order valence-corrected chi connectivity index (χ2v) is 9.70. The number of carbonyl (C=O) groups excluding carboxylic acids is 1. The van der Waals surface area contributed by atoms with Crippen LogP contribution in [0.5, 0.6) is 17.2 Å². The minimum atomic E-state index is -0.0380. The number of ether oxygens (including phenoxy) is 3. The summed E-state index contributed by atoms with van der Waals surface area (Å²) in [4.78, 5) is 26.5. The van der Waals surface area contributed by atoms with Gasteiger partial charge in [0.2, 0.25) is 0 Å². The maximum atomic E-state index is 12.9. The van der Waals surface area contributed by atoms with Crippen molar-refractivity contribution in [2.24, 2.45) is 0 Å². The van der Waals surface area contributed by atoms with Gasteiger partial charge in [0, 0.05) is 43.6 Å². The lowest BCUT2D eigenvalue weighted by Crippen LogP contribution is -2.50. The first-order valence-corrected chi connectivity index (χ1v) is 13.5. The molecule has 1 amide bonds. The topological polar surface area (TPSA) is 82.0 Å². The maximum absolute atomic E-state index is 12.9. The van der Waals surface area contributed by atoms with Crippen molar-refractivity contribution in [2.75, 3.05) is 51.9 Å². The van der Waals surface area contributed by atoms with Gasteiger partial charge in [0.05, 0.1) is 19.6 Å². The van der Waals surface area contributed by atoms with Crippen molar-refractivity contribution in [3.63, 3.8) is 0 Å². The molecule has 9 heteroatoms. The smallest absolute Gasteiger partial charge is 0.260 e. The van der Waals surface area contributed by atoms with Crippen LogP contribution in [0.1, 0.15) is 0 Å². The quantitative estimate of drug-likeness (QED) is 0.274. The molecule has 0 radical (unpaired) electrons. The predicted octanol–water partition coefficient (Wildman–Crippen LogP) is 4.83.